The van der Waals surface area contributed by atoms with Crippen LogP contribution in [-0.4, -0.2) is 39.6 Å². The number of ether oxygens (including phenoxy) is 2. The second kappa shape index (κ2) is 13.9. The van der Waals surface area contributed by atoms with Gasteiger partial charge in [0.25, 0.3) is 0 Å². The number of hydrogen-bond donors (Lipinski definition) is 1. The van der Waals surface area contributed by atoms with Crippen molar-refractivity contribution in [2.45, 2.75) is 24.7 Å². The Labute approximate surface area is 220 Å². The van der Waals surface area contributed by atoms with Crippen LogP contribution in [0.2, 0.25) is 5.02 Å². The summed E-state index contributed by atoms with van der Waals surface area (Å²) in [5.41, 5.74) is 3.15. The minimum atomic E-state index is 0. The van der Waals surface area contributed by atoms with E-state index in [0.29, 0.717) is 17.4 Å². The van der Waals surface area contributed by atoms with E-state index in [1.54, 1.807) is 23.6 Å². The smallest absolute Gasteiger partial charge is 0.214 e. The highest BCUT2D eigenvalue weighted by Gasteiger charge is 2.09. The van der Waals surface area contributed by atoms with Gasteiger partial charge >= 0.3 is 0 Å². The lowest BCUT2D eigenvalue weighted by atomic mass is 10.2. The molecule has 7 nitrogen and oxygen atoms in total. The van der Waals surface area contributed by atoms with Gasteiger partial charge in [0.15, 0.2) is 11.5 Å². The molecule has 0 saturated carbocycles. The number of hydrogen-bond acceptors (Lipinski definition) is 7. The SMILES string of the molecule is COc1cc(CNCCCSc2nnnn2-c2ccccc2)ccc1OCc1ccc(Cl)cc1.Cl. The number of halogens is 2. The van der Waals surface area contributed by atoms with Crippen molar-refractivity contribution < 1.29 is 9.47 Å². The monoisotopic (exact) mass is 531 g/mol. The van der Waals surface area contributed by atoms with Crippen LogP contribution in [0.3, 0.4) is 0 Å². The third kappa shape index (κ3) is 7.86. The highest BCUT2D eigenvalue weighted by atomic mass is 35.5. The molecule has 0 aliphatic heterocycles. The van der Waals surface area contributed by atoms with Gasteiger partial charge in [0.1, 0.15) is 6.61 Å². The summed E-state index contributed by atoms with van der Waals surface area (Å²) in [6.07, 6.45) is 0.992. The van der Waals surface area contributed by atoms with Gasteiger partial charge in [-0.1, -0.05) is 59.8 Å². The van der Waals surface area contributed by atoms with Gasteiger partial charge in [-0.05, 0) is 70.9 Å². The predicted molar refractivity (Wildman–Crippen MR) is 142 cm³/mol. The fourth-order valence-corrected chi connectivity index (χ4v) is 4.23. The average Bonchev–Trinajstić information content (AvgIpc) is 3.35. The molecule has 35 heavy (non-hydrogen) atoms. The molecule has 0 bridgehead atoms. The van der Waals surface area contributed by atoms with Gasteiger partial charge in [-0.2, -0.15) is 4.68 Å². The molecule has 0 spiro atoms. The maximum atomic E-state index is 5.94. The van der Waals surface area contributed by atoms with Gasteiger partial charge in [0.05, 0.1) is 12.8 Å². The molecule has 4 rings (SSSR count). The van der Waals surface area contributed by atoms with Crippen LogP contribution in [0.5, 0.6) is 11.5 Å². The molecule has 1 heterocycles. The molecule has 0 saturated heterocycles. The van der Waals surface area contributed by atoms with Crippen LogP contribution in [0.15, 0.2) is 78.0 Å². The van der Waals surface area contributed by atoms with E-state index in [1.807, 2.05) is 66.7 Å². The molecule has 0 aliphatic carbocycles. The second-order valence-electron chi connectivity index (χ2n) is 7.49. The number of methoxy groups -OCH3 is 1. The third-order valence-electron chi connectivity index (χ3n) is 5.04. The summed E-state index contributed by atoms with van der Waals surface area (Å²) in [4.78, 5) is 0. The minimum Gasteiger partial charge on any atom is -0.493 e. The van der Waals surface area contributed by atoms with E-state index in [4.69, 9.17) is 21.1 Å². The molecule has 3 aromatic carbocycles. The molecule has 0 aliphatic rings. The maximum absolute atomic E-state index is 5.94. The first-order chi connectivity index (χ1) is 16.7. The lowest BCUT2D eigenvalue weighted by Gasteiger charge is -2.13. The van der Waals surface area contributed by atoms with Crippen molar-refractivity contribution in [1.29, 1.82) is 0 Å². The maximum Gasteiger partial charge on any atom is 0.214 e. The largest absolute Gasteiger partial charge is 0.493 e. The quantitative estimate of drug-likeness (QED) is 0.188. The van der Waals surface area contributed by atoms with Crippen molar-refractivity contribution in [2.75, 3.05) is 19.4 Å². The van der Waals surface area contributed by atoms with E-state index < -0.39 is 0 Å². The summed E-state index contributed by atoms with van der Waals surface area (Å²) in [6.45, 7) is 2.09. The zero-order valence-electron chi connectivity index (χ0n) is 19.3. The number of aromatic nitrogens is 4. The van der Waals surface area contributed by atoms with Gasteiger partial charge in [-0.15, -0.1) is 17.5 Å². The van der Waals surface area contributed by atoms with Gasteiger partial charge in [0.2, 0.25) is 5.16 Å². The zero-order valence-corrected chi connectivity index (χ0v) is 21.7. The Morgan fingerprint density at radius 2 is 1.74 bits per heavy atom. The van der Waals surface area contributed by atoms with Crippen LogP contribution in [0.25, 0.3) is 5.69 Å². The van der Waals surface area contributed by atoms with E-state index in [-0.39, 0.29) is 12.4 Å². The number of para-hydroxylation sites is 1. The fraction of sp³-hybridized carbons (Fsp3) is 0.240. The normalized spacial score (nSPS) is 10.6. The van der Waals surface area contributed by atoms with Crippen molar-refractivity contribution >= 4 is 35.8 Å². The first-order valence-electron chi connectivity index (χ1n) is 10.9. The summed E-state index contributed by atoms with van der Waals surface area (Å²) in [5.74, 6) is 2.35. The summed E-state index contributed by atoms with van der Waals surface area (Å²) in [5, 5.41) is 17.0. The van der Waals surface area contributed by atoms with Gasteiger partial charge in [-0.25, -0.2) is 0 Å². The molecule has 1 N–H and O–H groups in total. The number of nitrogens with zero attached hydrogens (tertiary/aromatic N) is 4. The molecule has 184 valence electrons. The predicted octanol–water partition coefficient (Wildman–Crippen LogP) is 5.60. The highest BCUT2D eigenvalue weighted by Crippen LogP contribution is 2.29. The van der Waals surface area contributed by atoms with E-state index in [2.05, 4.69) is 26.9 Å². The molecule has 1 aromatic heterocycles. The lowest BCUT2D eigenvalue weighted by molar-refractivity contribution is 0.284. The summed E-state index contributed by atoms with van der Waals surface area (Å²) < 4.78 is 13.2. The zero-order chi connectivity index (χ0) is 23.6. The number of benzene rings is 3. The molecular weight excluding hydrogens is 505 g/mol. The first-order valence-corrected chi connectivity index (χ1v) is 12.3. The van der Waals surface area contributed by atoms with Crippen LogP contribution in [0.1, 0.15) is 17.5 Å². The Kier molecular flexibility index (Phi) is 10.7. The molecule has 0 unspecified atom stereocenters. The van der Waals surface area contributed by atoms with Gasteiger partial charge in [-0.3, -0.25) is 0 Å². The van der Waals surface area contributed by atoms with E-state index in [0.717, 1.165) is 53.0 Å². The van der Waals surface area contributed by atoms with Crippen molar-refractivity contribution in [3.8, 4) is 17.2 Å². The number of nitrogens with one attached hydrogen (secondary N) is 1. The number of rotatable bonds is 12. The molecule has 10 heteroatoms. The third-order valence-corrected chi connectivity index (χ3v) is 6.29. The summed E-state index contributed by atoms with van der Waals surface area (Å²) in [6, 6.07) is 23.5. The van der Waals surface area contributed by atoms with Gasteiger partial charge in [0, 0.05) is 17.3 Å². The Morgan fingerprint density at radius 3 is 2.51 bits per heavy atom. The molecule has 0 atom stereocenters. The number of tetrazole rings is 1. The molecule has 0 amide bonds. The van der Waals surface area contributed by atoms with Crippen LogP contribution in [0, 0.1) is 0 Å². The van der Waals surface area contributed by atoms with Gasteiger partial charge < -0.3 is 14.8 Å². The molecule has 0 fully saturated rings. The first kappa shape index (κ1) is 26.8. The highest BCUT2D eigenvalue weighted by molar-refractivity contribution is 7.99. The van der Waals surface area contributed by atoms with E-state index in [1.165, 1.54) is 0 Å². The molecule has 4 aromatic rings. The van der Waals surface area contributed by atoms with Crippen molar-refractivity contribution in [1.82, 2.24) is 25.5 Å². The molecule has 0 radical (unpaired) electrons. The average molecular weight is 532 g/mol. The van der Waals surface area contributed by atoms with Crippen LogP contribution < -0.4 is 14.8 Å². The fourth-order valence-electron chi connectivity index (χ4n) is 3.28. The topological polar surface area (TPSA) is 74.1 Å². The molecular formula is C25H27Cl2N5O2S. The minimum absolute atomic E-state index is 0. The van der Waals surface area contributed by atoms with E-state index >= 15 is 0 Å². The Balaban J connectivity index is 0.00000342. The van der Waals surface area contributed by atoms with Crippen molar-refractivity contribution in [2.24, 2.45) is 0 Å². The Morgan fingerprint density at radius 1 is 0.971 bits per heavy atom. The second-order valence-corrected chi connectivity index (χ2v) is 8.99. The summed E-state index contributed by atoms with van der Waals surface area (Å²) >= 11 is 7.59. The summed E-state index contributed by atoms with van der Waals surface area (Å²) in [7, 11) is 1.65. The number of thioether (sulfide) groups is 1. The Hall–Kier alpha value is -2.78. The standard InChI is InChI=1S/C25H26ClN5O2S.ClH/c1-32-24-16-20(10-13-23(24)33-18-19-8-11-21(26)12-9-19)17-27-14-5-15-34-25-28-29-30-31(25)22-6-3-2-4-7-22;/h2-4,6-13,16,27H,5,14-15,17-18H2,1H3;1H. The van der Waals surface area contributed by atoms with Crippen LogP contribution in [-0.2, 0) is 13.2 Å². The van der Waals surface area contributed by atoms with Crippen LogP contribution >= 0.6 is 35.8 Å². The van der Waals surface area contributed by atoms with Crippen LogP contribution in [0.4, 0.5) is 0 Å². The van der Waals surface area contributed by atoms with E-state index in [9.17, 15) is 0 Å². The Bertz CT molecular complexity index is 1180. The van der Waals surface area contributed by atoms with Crippen molar-refractivity contribution in [3.63, 3.8) is 0 Å². The van der Waals surface area contributed by atoms with Crippen molar-refractivity contribution in [3.05, 3.63) is 88.9 Å². The lowest BCUT2D eigenvalue weighted by Crippen LogP contribution is -2.15.